The standard InChI is InChI=1S/C34H34N4O4.Fe/c1-7-21-17(3)25-13-26-19(5)23(9-11-33(39)40)31(37-26)16-32-24(10-12-34(41)42)20(6)28(38-32)15-30-22(8-2)18(4)27(36-30)14-29(21)35-25;/h7-8,13-16,35-36H,1-2,9-12H2,3-6H3,(H,39,40)(H,41,42);/q;+2. The Kier molecular flexibility index (Phi) is 9.09. The van der Waals surface area contributed by atoms with Crippen molar-refractivity contribution in [3.05, 3.63) is 82.5 Å². The van der Waals surface area contributed by atoms with Crippen molar-refractivity contribution in [3.63, 3.8) is 0 Å². The molecule has 9 heteroatoms. The molecular formula is C34H34FeN4O4+2. The fraction of sp³-hybridized carbons (Fsp3) is 0.235. The van der Waals surface area contributed by atoms with E-state index in [4.69, 9.17) is 9.97 Å². The topological polar surface area (TPSA) is 132 Å². The molecule has 8 nitrogen and oxygen atoms in total. The van der Waals surface area contributed by atoms with Crippen molar-refractivity contribution >= 4 is 68.4 Å². The van der Waals surface area contributed by atoms with E-state index in [1.54, 1.807) is 0 Å². The van der Waals surface area contributed by atoms with Gasteiger partial charge in [-0.2, -0.15) is 0 Å². The molecule has 0 fully saturated rings. The average Bonchev–Trinajstić information content (AvgIpc) is 3.59. The first-order chi connectivity index (χ1) is 20.0. The van der Waals surface area contributed by atoms with Crippen LogP contribution in [0.4, 0.5) is 0 Å². The summed E-state index contributed by atoms with van der Waals surface area (Å²) in [5.74, 6) is -1.78. The van der Waals surface area contributed by atoms with Crippen LogP contribution >= 0.6 is 0 Å². The molecule has 3 aromatic rings. The Hall–Kier alpha value is -4.46. The summed E-state index contributed by atoms with van der Waals surface area (Å²) in [5.41, 5.74) is 13.7. The molecule has 2 aliphatic rings. The van der Waals surface area contributed by atoms with Crippen molar-refractivity contribution < 1.29 is 36.9 Å². The molecule has 0 aromatic carbocycles. The number of aromatic amines is 2. The molecule has 2 aliphatic heterocycles. The molecule has 43 heavy (non-hydrogen) atoms. The molecular weight excluding hydrogens is 584 g/mol. The van der Waals surface area contributed by atoms with E-state index in [1.165, 1.54) is 0 Å². The number of carboxylic acid groups (broad SMARTS) is 2. The second kappa shape index (κ2) is 12.4. The number of nitrogens with one attached hydrogen (secondary N) is 2. The van der Waals surface area contributed by atoms with Crippen LogP contribution in [-0.2, 0) is 26.7 Å². The molecule has 0 saturated heterocycles. The van der Waals surface area contributed by atoms with Gasteiger partial charge in [-0.05, 0) is 98.2 Å². The van der Waals surface area contributed by atoms with E-state index in [-0.39, 0.29) is 29.9 Å². The van der Waals surface area contributed by atoms with Gasteiger partial charge in [-0.15, -0.1) is 0 Å². The maximum Gasteiger partial charge on any atom is 2.00 e. The number of hydrogen-bond acceptors (Lipinski definition) is 4. The molecule has 0 unspecified atom stereocenters. The van der Waals surface area contributed by atoms with Gasteiger partial charge >= 0.3 is 29.0 Å². The molecule has 220 valence electrons. The van der Waals surface area contributed by atoms with E-state index < -0.39 is 11.9 Å². The third-order valence-corrected chi connectivity index (χ3v) is 8.22. The van der Waals surface area contributed by atoms with Gasteiger partial charge in [0.15, 0.2) is 0 Å². The van der Waals surface area contributed by atoms with Crippen LogP contribution in [-0.4, -0.2) is 42.1 Å². The number of carboxylic acids is 2. The van der Waals surface area contributed by atoms with E-state index in [0.717, 1.165) is 78.0 Å². The van der Waals surface area contributed by atoms with Crippen LogP contribution < -0.4 is 0 Å². The molecule has 0 radical (unpaired) electrons. The van der Waals surface area contributed by atoms with Crippen LogP contribution in [0.3, 0.4) is 0 Å². The Balaban J connectivity index is 0.00000423. The zero-order valence-electron chi connectivity index (χ0n) is 24.7. The van der Waals surface area contributed by atoms with Gasteiger partial charge in [-0.1, -0.05) is 25.3 Å². The van der Waals surface area contributed by atoms with Crippen molar-refractivity contribution in [1.29, 1.82) is 0 Å². The van der Waals surface area contributed by atoms with Gasteiger partial charge in [0.05, 0.1) is 22.8 Å². The second-order valence-corrected chi connectivity index (χ2v) is 10.7. The van der Waals surface area contributed by atoms with Gasteiger partial charge < -0.3 is 20.2 Å². The van der Waals surface area contributed by atoms with E-state index in [9.17, 15) is 19.8 Å². The summed E-state index contributed by atoms with van der Waals surface area (Å²) in [7, 11) is 0. The average molecular weight is 619 g/mol. The van der Waals surface area contributed by atoms with E-state index in [1.807, 2.05) is 58.0 Å². The minimum absolute atomic E-state index is 0. The van der Waals surface area contributed by atoms with Crippen molar-refractivity contribution in [2.24, 2.45) is 0 Å². The summed E-state index contributed by atoms with van der Waals surface area (Å²) < 4.78 is 0. The molecule has 5 heterocycles. The summed E-state index contributed by atoms with van der Waals surface area (Å²) >= 11 is 0. The number of aromatic nitrogens is 4. The van der Waals surface area contributed by atoms with Crippen LogP contribution in [0.15, 0.2) is 37.4 Å². The van der Waals surface area contributed by atoms with Crippen molar-refractivity contribution in [3.8, 4) is 0 Å². The smallest absolute Gasteiger partial charge is 0.481 e. The molecule has 0 saturated carbocycles. The Morgan fingerprint density at radius 1 is 0.674 bits per heavy atom. The maximum atomic E-state index is 11.5. The van der Waals surface area contributed by atoms with Crippen molar-refractivity contribution in [1.82, 2.24) is 19.9 Å². The minimum Gasteiger partial charge on any atom is -0.481 e. The third-order valence-electron chi connectivity index (χ3n) is 8.22. The second-order valence-electron chi connectivity index (χ2n) is 10.7. The Morgan fingerprint density at radius 2 is 1.07 bits per heavy atom. The molecule has 0 atom stereocenters. The van der Waals surface area contributed by atoms with Gasteiger partial charge in [0.1, 0.15) is 0 Å². The van der Waals surface area contributed by atoms with Gasteiger partial charge in [0, 0.05) is 46.0 Å². The van der Waals surface area contributed by atoms with Crippen LogP contribution in [0.25, 0.3) is 56.5 Å². The number of nitrogens with zero attached hydrogens (tertiary/aromatic N) is 2. The first-order valence-electron chi connectivity index (χ1n) is 13.9. The van der Waals surface area contributed by atoms with E-state index >= 15 is 0 Å². The van der Waals surface area contributed by atoms with Gasteiger partial charge in [0.25, 0.3) is 0 Å². The van der Waals surface area contributed by atoms with Gasteiger partial charge in [-0.25, -0.2) is 9.97 Å². The summed E-state index contributed by atoms with van der Waals surface area (Å²) in [6.07, 6.45) is 4.20. The van der Waals surface area contributed by atoms with E-state index in [2.05, 4.69) is 29.2 Å². The minimum atomic E-state index is -0.889. The number of hydrogen-bond donors (Lipinski definition) is 4. The van der Waals surface area contributed by atoms with Crippen LogP contribution in [0.5, 0.6) is 0 Å². The van der Waals surface area contributed by atoms with Crippen LogP contribution in [0.2, 0.25) is 0 Å². The van der Waals surface area contributed by atoms with Crippen LogP contribution in [0.1, 0.15) is 84.6 Å². The quantitative estimate of drug-likeness (QED) is 0.191. The third kappa shape index (κ3) is 5.91. The monoisotopic (exact) mass is 618 g/mol. The maximum absolute atomic E-state index is 11.5. The number of aliphatic carboxylic acids is 2. The van der Waals surface area contributed by atoms with E-state index in [0.29, 0.717) is 24.2 Å². The first-order valence-corrected chi connectivity index (χ1v) is 13.9. The Bertz CT molecular complexity index is 1920. The number of allylic oxidation sites excluding steroid dienone is 4. The normalized spacial score (nSPS) is 12.7. The molecule has 5 rings (SSSR count). The summed E-state index contributed by atoms with van der Waals surface area (Å²) in [6, 6.07) is 7.88. The molecule has 8 bridgehead atoms. The number of rotatable bonds is 8. The number of fused-ring (bicyclic) bond motifs is 8. The summed E-state index contributed by atoms with van der Waals surface area (Å²) in [4.78, 5) is 40.0. The number of aryl methyl sites for hydroxylation is 2. The number of H-pyrrole nitrogens is 2. The first kappa shape index (κ1) is 31.5. The fourth-order valence-electron chi connectivity index (χ4n) is 5.77. The van der Waals surface area contributed by atoms with Gasteiger partial charge in [-0.3, -0.25) is 9.59 Å². The van der Waals surface area contributed by atoms with Crippen molar-refractivity contribution in [2.75, 3.05) is 0 Å². The summed E-state index contributed by atoms with van der Waals surface area (Å²) in [6.45, 7) is 16.1. The van der Waals surface area contributed by atoms with Gasteiger partial charge in [0.2, 0.25) is 0 Å². The van der Waals surface area contributed by atoms with Crippen molar-refractivity contribution in [2.45, 2.75) is 53.4 Å². The Morgan fingerprint density at radius 3 is 1.49 bits per heavy atom. The fourth-order valence-corrected chi connectivity index (χ4v) is 5.77. The largest absolute Gasteiger partial charge is 2.00 e. The molecule has 4 N–H and O–H groups in total. The SMILES string of the molecule is C=Cc1c(C)c2cc3[nH]c(cc4nc(cc5nc(cc1[nH]2)C(C)=C5CCC(=O)O)C(CCC(=O)O)=C4C)c(C)c3C=C.[Fe+2]. The zero-order valence-corrected chi connectivity index (χ0v) is 25.8. The molecule has 3 aromatic heterocycles. The molecule has 0 aliphatic carbocycles. The zero-order chi connectivity index (χ0) is 30.3. The Labute approximate surface area is 260 Å². The predicted octanol–water partition coefficient (Wildman–Crippen LogP) is 7.81. The van der Waals surface area contributed by atoms with Crippen LogP contribution in [0, 0.1) is 13.8 Å². The predicted molar refractivity (Wildman–Crippen MR) is 169 cm³/mol. The number of carbonyl (C=O) groups is 2. The molecule has 0 spiro atoms. The summed E-state index contributed by atoms with van der Waals surface area (Å²) in [5, 5.41) is 18.9. The molecule has 0 amide bonds.